The van der Waals surface area contributed by atoms with Gasteiger partial charge in [-0.25, -0.2) is 0 Å². The SMILES string of the molecule is CC.Cc1ccc(C#Cc2ccc(C(C)CCC(C)C)cc2)cc1. The minimum Gasteiger partial charge on any atom is -0.0683 e. The number of aryl methyl sites for hydroxylation is 1. The van der Waals surface area contributed by atoms with Gasteiger partial charge in [-0.3, -0.25) is 0 Å². The molecule has 0 bridgehead atoms. The molecule has 0 N–H and O–H groups in total. The van der Waals surface area contributed by atoms with E-state index in [1.807, 2.05) is 13.8 Å². The van der Waals surface area contributed by atoms with Crippen LogP contribution in [-0.4, -0.2) is 0 Å². The second kappa shape index (κ2) is 10.7. The fourth-order valence-electron chi connectivity index (χ4n) is 2.43. The molecule has 24 heavy (non-hydrogen) atoms. The van der Waals surface area contributed by atoms with Crippen LogP contribution < -0.4 is 0 Å². The van der Waals surface area contributed by atoms with Gasteiger partial charge < -0.3 is 0 Å². The second-order valence-corrected chi connectivity index (χ2v) is 6.61. The van der Waals surface area contributed by atoms with Crippen molar-refractivity contribution in [3.8, 4) is 11.8 Å². The molecule has 0 fully saturated rings. The lowest BCUT2D eigenvalue weighted by molar-refractivity contribution is 0.517. The Morgan fingerprint density at radius 3 is 1.62 bits per heavy atom. The van der Waals surface area contributed by atoms with E-state index in [-0.39, 0.29) is 0 Å². The lowest BCUT2D eigenvalue weighted by Crippen LogP contribution is -1.96. The third-order valence-corrected chi connectivity index (χ3v) is 4.06. The zero-order valence-corrected chi connectivity index (χ0v) is 16.2. The van der Waals surface area contributed by atoms with Crippen molar-refractivity contribution in [2.75, 3.05) is 0 Å². The molecule has 0 saturated carbocycles. The van der Waals surface area contributed by atoms with Crippen molar-refractivity contribution in [2.45, 2.75) is 60.3 Å². The summed E-state index contributed by atoms with van der Waals surface area (Å²) in [6.45, 7) is 13.0. The van der Waals surface area contributed by atoms with Gasteiger partial charge in [0.15, 0.2) is 0 Å². The summed E-state index contributed by atoms with van der Waals surface area (Å²) in [5.74, 6) is 7.88. The molecule has 128 valence electrons. The number of hydrogen-bond acceptors (Lipinski definition) is 0. The highest BCUT2D eigenvalue weighted by Crippen LogP contribution is 2.23. The maximum atomic E-state index is 3.25. The first-order chi connectivity index (χ1) is 11.5. The van der Waals surface area contributed by atoms with E-state index in [0.717, 1.165) is 17.0 Å². The molecule has 0 nitrogen and oxygen atoms in total. The van der Waals surface area contributed by atoms with Crippen LogP contribution >= 0.6 is 0 Å². The molecule has 0 radical (unpaired) electrons. The van der Waals surface area contributed by atoms with Crippen LogP contribution in [0.4, 0.5) is 0 Å². The molecule has 2 aromatic rings. The molecule has 0 aliphatic heterocycles. The maximum Gasteiger partial charge on any atom is 0.0249 e. The van der Waals surface area contributed by atoms with E-state index in [0.29, 0.717) is 5.92 Å². The van der Waals surface area contributed by atoms with Gasteiger partial charge in [0.1, 0.15) is 0 Å². The van der Waals surface area contributed by atoms with Gasteiger partial charge in [0.2, 0.25) is 0 Å². The quantitative estimate of drug-likeness (QED) is 0.534. The molecule has 0 heteroatoms. The van der Waals surface area contributed by atoms with Crippen molar-refractivity contribution in [3.05, 3.63) is 70.8 Å². The van der Waals surface area contributed by atoms with Gasteiger partial charge in [-0.05, 0) is 55.0 Å². The molecule has 1 unspecified atom stereocenters. The van der Waals surface area contributed by atoms with Gasteiger partial charge in [-0.15, -0.1) is 0 Å². The normalized spacial score (nSPS) is 11.1. The summed E-state index contributed by atoms with van der Waals surface area (Å²) in [6.07, 6.45) is 2.54. The molecule has 2 rings (SSSR count). The molecule has 0 aliphatic carbocycles. The molecule has 1 atom stereocenters. The third kappa shape index (κ3) is 7.05. The second-order valence-electron chi connectivity index (χ2n) is 6.61. The van der Waals surface area contributed by atoms with Crippen molar-refractivity contribution in [3.63, 3.8) is 0 Å². The predicted molar refractivity (Wildman–Crippen MR) is 107 cm³/mol. The highest BCUT2D eigenvalue weighted by molar-refractivity contribution is 5.44. The summed E-state index contributed by atoms with van der Waals surface area (Å²) in [6, 6.07) is 17.1. The van der Waals surface area contributed by atoms with Crippen LogP contribution in [0.5, 0.6) is 0 Å². The standard InChI is InChI=1S/C22H26.C2H6/c1-17(2)5-8-19(4)22-15-13-21(14-16-22)12-11-20-9-6-18(3)7-10-20;1-2/h6-7,9-10,13-17,19H,5,8H2,1-4H3;1-2H3. The van der Waals surface area contributed by atoms with Crippen molar-refractivity contribution < 1.29 is 0 Å². The fraction of sp³-hybridized carbons (Fsp3) is 0.417. The van der Waals surface area contributed by atoms with Gasteiger partial charge in [-0.1, -0.05) is 82.7 Å². The minimum atomic E-state index is 0.626. The van der Waals surface area contributed by atoms with Crippen LogP contribution in [0.2, 0.25) is 0 Å². The summed E-state index contributed by atoms with van der Waals surface area (Å²) >= 11 is 0. The van der Waals surface area contributed by atoms with E-state index in [2.05, 4.69) is 88.1 Å². The zero-order valence-electron chi connectivity index (χ0n) is 16.2. The van der Waals surface area contributed by atoms with E-state index in [1.54, 1.807) is 0 Å². The Hall–Kier alpha value is -2.00. The summed E-state index contributed by atoms with van der Waals surface area (Å²) in [5, 5.41) is 0. The Kier molecular flexibility index (Phi) is 8.95. The molecular weight excluding hydrogens is 288 g/mol. The lowest BCUT2D eigenvalue weighted by Gasteiger charge is -2.13. The Bertz CT molecular complexity index is 633. The van der Waals surface area contributed by atoms with Crippen LogP contribution in [-0.2, 0) is 0 Å². The Morgan fingerprint density at radius 1 is 0.708 bits per heavy atom. The van der Waals surface area contributed by atoms with E-state index >= 15 is 0 Å². The van der Waals surface area contributed by atoms with Gasteiger partial charge in [0.05, 0.1) is 0 Å². The van der Waals surface area contributed by atoms with Crippen LogP contribution in [0.3, 0.4) is 0 Å². The molecule has 0 aromatic heterocycles. The van der Waals surface area contributed by atoms with E-state index < -0.39 is 0 Å². The third-order valence-electron chi connectivity index (χ3n) is 4.06. The first-order valence-electron chi connectivity index (χ1n) is 9.23. The predicted octanol–water partition coefficient (Wildman–Crippen LogP) is 6.96. The van der Waals surface area contributed by atoms with E-state index in [9.17, 15) is 0 Å². The number of benzene rings is 2. The van der Waals surface area contributed by atoms with Crippen LogP contribution in [0.25, 0.3) is 0 Å². The maximum absolute atomic E-state index is 3.25. The minimum absolute atomic E-state index is 0.626. The van der Waals surface area contributed by atoms with E-state index in [4.69, 9.17) is 0 Å². The van der Waals surface area contributed by atoms with Crippen LogP contribution in [0, 0.1) is 24.7 Å². The largest absolute Gasteiger partial charge is 0.0683 e. The molecule has 2 aromatic carbocycles. The van der Waals surface area contributed by atoms with Crippen molar-refractivity contribution >= 4 is 0 Å². The van der Waals surface area contributed by atoms with E-state index in [1.165, 1.54) is 24.0 Å². The monoisotopic (exact) mass is 320 g/mol. The Labute approximate surface area is 149 Å². The van der Waals surface area contributed by atoms with Crippen LogP contribution in [0.15, 0.2) is 48.5 Å². The highest BCUT2D eigenvalue weighted by atomic mass is 14.1. The van der Waals surface area contributed by atoms with Gasteiger partial charge in [0.25, 0.3) is 0 Å². The zero-order chi connectivity index (χ0) is 17.9. The summed E-state index contributed by atoms with van der Waals surface area (Å²) in [5.41, 5.74) is 4.84. The first kappa shape index (κ1) is 20.0. The number of rotatable bonds is 4. The van der Waals surface area contributed by atoms with Gasteiger partial charge in [-0.2, -0.15) is 0 Å². The highest BCUT2D eigenvalue weighted by Gasteiger charge is 2.06. The molecule has 0 spiro atoms. The Balaban J connectivity index is 0.00000139. The van der Waals surface area contributed by atoms with Crippen LogP contribution in [0.1, 0.15) is 75.6 Å². The van der Waals surface area contributed by atoms with Gasteiger partial charge in [0, 0.05) is 11.1 Å². The average molecular weight is 321 g/mol. The summed E-state index contributed by atoms with van der Waals surface area (Å²) < 4.78 is 0. The smallest absolute Gasteiger partial charge is 0.0249 e. The summed E-state index contributed by atoms with van der Waals surface area (Å²) in [4.78, 5) is 0. The molecular formula is C24H32. The van der Waals surface area contributed by atoms with Gasteiger partial charge >= 0.3 is 0 Å². The summed E-state index contributed by atoms with van der Waals surface area (Å²) in [7, 11) is 0. The first-order valence-corrected chi connectivity index (χ1v) is 9.23. The van der Waals surface area contributed by atoms with Crippen molar-refractivity contribution in [1.29, 1.82) is 0 Å². The molecule has 0 saturated heterocycles. The molecule has 0 aliphatic rings. The topological polar surface area (TPSA) is 0 Å². The lowest BCUT2D eigenvalue weighted by atomic mass is 9.92. The van der Waals surface area contributed by atoms with Crippen molar-refractivity contribution in [1.82, 2.24) is 0 Å². The molecule has 0 amide bonds. The fourth-order valence-corrected chi connectivity index (χ4v) is 2.43. The average Bonchev–Trinajstić information content (AvgIpc) is 2.61. The molecule has 0 heterocycles. The Morgan fingerprint density at radius 2 is 1.17 bits per heavy atom. The van der Waals surface area contributed by atoms with Crippen molar-refractivity contribution in [2.24, 2.45) is 5.92 Å². The number of hydrogen-bond donors (Lipinski definition) is 0.